The molecule has 0 saturated heterocycles. The Kier molecular flexibility index (Phi) is 6.05. The van der Waals surface area contributed by atoms with Gasteiger partial charge in [0.1, 0.15) is 0 Å². The molecule has 0 radical (unpaired) electrons. The van der Waals surface area contributed by atoms with Gasteiger partial charge >= 0.3 is 0 Å². The van der Waals surface area contributed by atoms with Gasteiger partial charge in [-0.05, 0) is 73.6 Å². The average molecular weight is 487 g/mol. The zero-order valence-electron chi connectivity index (χ0n) is 21.2. The molecule has 5 nitrogen and oxygen atoms in total. The Morgan fingerprint density at radius 3 is 2.65 bits per heavy atom. The third kappa shape index (κ3) is 4.31. The number of para-hydroxylation sites is 1. The van der Waals surface area contributed by atoms with Crippen molar-refractivity contribution in [1.82, 2.24) is 20.1 Å². The molecule has 0 spiro atoms. The fraction of sp³-hybridized carbons (Fsp3) is 0.219. The van der Waals surface area contributed by atoms with Crippen molar-refractivity contribution in [3.05, 3.63) is 113 Å². The summed E-state index contributed by atoms with van der Waals surface area (Å²) in [4.78, 5) is 18.7. The van der Waals surface area contributed by atoms with Crippen molar-refractivity contribution in [2.24, 2.45) is 0 Å². The van der Waals surface area contributed by atoms with E-state index in [9.17, 15) is 4.79 Å². The van der Waals surface area contributed by atoms with E-state index in [0.29, 0.717) is 5.56 Å². The van der Waals surface area contributed by atoms with Crippen LogP contribution in [-0.4, -0.2) is 20.7 Å². The lowest BCUT2D eigenvalue weighted by Gasteiger charge is -2.26. The first-order valence-electron chi connectivity index (χ1n) is 13.0. The van der Waals surface area contributed by atoms with Crippen LogP contribution in [0.15, 0.2) is 85.1 Å². The molecule has 0 fully saturated rings. The summed E-state index contributed by atoms with van der Waals surface area (Å²) < 4.78 is 1.93. The van der Waals surface area contributed by atoms with Crippen molar-refractivity contribution in [2.45, 2.75) is 45.6 Å². The highest BCUT2D eigenvalue weighted by Crippen LogP contribution is 2.32. The van der Waals surface area contributed by atoms with Crippen molar-refractivity contribution in [3.63, 3.8) is 0 Å². The van der Waals surface area contributed by atoms with Crippen molar-refractivity contribution >= 4 is 16.8 Å². The number of benzene rings is 3. The third-order valence-electron chi connectivity index (χ3n) is 7.51. The highest BCUT2D eigenvalue weighted by atomic mass is 16.1. The molecular weight excluding hydrogens is 456 g/mol. The Bertz CT molecular complexity index is 1600. The minimum atomic E-state index is -0.0678. The zero-order valence-corrected chi connectivity index (χ0v) is 21.2. The molecule has 1 N–H and O–H groups in total. The summed E-state index contributed by atoms with van der Waals surface area (Å²) in [7, 11) is 0. The minimum Gasteiger partial charge on any atom is -0.345 e. The zero-order chi connectivity index (χ0) is 25.4. The number of hydrogen-bond donors (Lipinski definition) is 1. The van der Waals surface area contributed by atoms with E-state index in [-0.39, 0.29) is 11.9 Å². The van der Waals surface area contributed by atoms with E-state index in [2.05, 4.69) is 65.9 Å². The summed E-state index contributed by atoms with van der Waals surface area (Å²) >= 11 is 0. The van der Waals surface area contributed by atoms with Gasteiger partial charge in [-0.1, -0.05) is 61.5 Å². The maximum absolute atomic E-state index is 13.7. The summed E-state index contributed by atoms with van der Waals surface area (Å²) in [5, 5.41) is 8.85. The van der Waals surface area contributed by atoms with E-state index in [1.165, 1.54) is 16.7 Å². The first-order valence-corrected chi connectivity index (χ1v) is 13.0. The first-order chi connectivity index (χ1) is 18.1. The monoisotopic (exact) mass is 486 g/mol. The quantitative estimate of drug-likeness (QED) is 0.298. The third-order valence-corrected chi connectivity index (χ3v) is 7.51. The predicted molar refractivity (Wildman–Crippen MR) is 148 cm³/mol. The van der Waals surface area contributed by atoms with Gasteiger partial charge in [0.25, 0.3) is 5.91 Å². The van der Waals surface area contributed by atoms with Gasteiger partial charge in [-0.15, -0.1) is 0 Å². The lowest BCUT2D eigenvalue weighted by atomic mass is 9.87. The molecule has 5 aromatic rings. The molecule has 6 rings (SSSR count). The molecule has 3 aromatic carbocycles. The number of amides is 1. The summed E-state index contributed by atoms with van der Waals surface area (Å²) in [6.45, 7) is 4.20. The van der Waals surface area contributed by atoms with Gasteiger partial charge in [0.05, 0.1) is 40.4 Å². The van der Waals surface area contributed by atoms with Gasteiger partial charge in [0.15, 0.2) is 0 Å². The van der Waals surface area contributed by atoms with Crippen molar-refractivity contribution < 1.29 is 4.79 Å². The number of carbonyl (C=O) groups excluding carboxylic acids is 1. The summed E-state index contributed by atoms with van der Waals surface area (Å²) in [5.74, 6) is -0.0678. The molecule has 5 heteroatoms. The number of nitrogens with zero attached hydrogens (tertiary/aromatic N) is 3. The first kappa shape index (κ1) is 23.2. The number of rotatable bonds is 5. The number of aromatic nitrogens is 3. The van der Waals surface area contributed by atoms with E-state index in [1.54, 1.807) is 0 Å². The Morgan fingerprint density at radius 2 is 1.81 bits per heavy atom. The van der Waals surface area contributed by atoms with Crippen molar-refractivity contribution in [3.8, 4) is 16.9 Å². The van der Waals surface area contributed by atoms with Gasteiger partial charge in [-0.3, -0.25) is 4.79 Å². The maximum Gasteiger partial charge on any atom is 0.252 e. The highest BCUT2D eigenvalue weighted by molar-refractivity contribution is 6.07. The second-order valence-corrected chi connectivity index (χ2v) is 9.76. The molecule has 1 aliphatic rings. The number of pyridine rings is 1. The molecule has 0 saturated carbocycles. The summed E-state index contributed by atoms with van der Waals surface area (Å²) in [5.41, 5.74) is 8.96. The topological polar surface area (TPSA) is 59.8 Å². The van der Waals surface area contributed by atoms with Crippen LogP contribution in [0.3, 0.4) is 0 Å². The number of aryl methyl sites for hydroxylation is 2. The Morgan fingerprint density at radius 1 is 1.03 bits per heavy atom. The van der Waals surface area contributed by atoms with Crippen LogP contribution in [0.25, 0.3) is 27.8 Å². The largest absolute Gasteiger partial charge is 0.345 e. The summed E-state index contributed by atoms with van der Waals surface area (Å²) in [6.07, 6.45) is 5.93. The van der Waals surface area contributed by atoms with Gasteiger partial charge in [-0.25, -0.2) is 9.67 Å². The Labute approximate surface area is 217 Å². The Balaban J connectivity index is 1.38. The summed E-state index contributed by atoms with van der Waals surface area (Å²) in [6, 6.07) is 26.7. The lowest BCUT2D eigenvalue weighted by molar-refractivity contribution is 0.0934. The SMILES string of the molecule is CCc1ccc(-n2ncc(-c3cc(C(=O)N[C@@H]4CCCc5ccccc54)c4ccccc4n3)c2C)cc1. The van der Waals surface area contributed by atoms with Crippen LogP contribution in [-0.2, 0) is 12.8 Å². The van der Waals surface area contributed by atoms with Crippen LogP contribution in [0, 0.1) is 6.92 Å². The molecule has 184 valence electrons. The average Bonchev–Trinajstić information content (AvgIpc) is 3.33. The van der Waals surface area contributed by atoms with Crippen molar-refractivity contribution in [1.29, 1.82) is 0 Å². The van der Waals surface area contributed by atoms with E-state index in [4.69, 9.17) is 4.98 Å². The molecule has 0 aliphatic heterocycles. The normalized spacial score (nSPS) is 14.9. The number of hydrogen-bond acceptors (Lipinski definition) is 3. The predicted octanol–water partition coefficient (Wildman–Crippen LogP) is 6.77. The molecule has 37 heavy (non-hydrogen) atoms. The second-order valence-electron chi connectivity index (χ2n) is 9.76. The Hall–Kier alpha value is -4.25. The second kappa shape index (κ2) is 9.66. The van der Waals surface area contributed by atoms with Gasteiger partial charge < -0.3 is 5.32 Å². The van der Waals surface area contributed by atoms with Crippen LogP contribution in [0.5, 0.6) is 0 Å². The molecule has 1 atom stereocenters. The van der Waals surface area contributed by atoms with Gasteiger partial charge in [-0.2, -0.15) is 5.10 Å². The smallest absolute Gasteiger partial charge is 0.252 e. The van der Waals surface area contributed by atoms with Crippen LogP contribution >= 0.6 is 0 Å². The molecule has 1 amide bonds. The fourth-order valence-corrected chi connectivity index (χ4v) is 5.44. The number of fused-ring (bicyclic) bond motifs is 2. The van der Waals surface area contributed by atoms with E-state index < -0.39 is 0 Å². The standard InChI is InChI=1S/C32H30N4O/c1-3-22-15-17-24(18-16-22)36-21(2)28(20-33-36)31-19-27(26-12-6-7-13-30(26)34-31)32(37)35-29-14-8-10-23-9-4-5-11-25(23)29/h4-7,9,11-13,15-20,29H,3,8,10,14H2,1-2H3,(H,35,37)/t29-/m1/s1. The lowest BCUT2D eigenvalue weighted by Crippen LogP contribution is -2.31. The molecule has 0 unspecified atom stereocenters. The number of nitrogens with one attached hydrogen (secondary N) is 1. The molecular formula is C32H30N4O. The van der Waals surface area contributed by atoms with Crippen LogP contribution in [0.4, 0.5) is 0 Å². The minimum absolute atomic E-state index is 0.0170. The van der Waals surface area contributed by atoms with E-state index >= 15 is 0 Å². The van der Waals surface area contributed by atoms with Crippen LogP contribution in [0.2, 0.25) is 0 Å². The molecule has 2 aromatic heterocycles. The highest BCUT2D eigenvalue weighted by Gasteiger charge is 2.24. The van der Waals surface area contributed by atoms with Gasteiger partial charge in [0.2, 0.25) is 0 Å². The molecule has 0 bridgehead atoms. The van der Waals surface area contributed by atoms with Crippen LogP contribution < -0.4 is 5.32 Å². The maximum atomic E-state index is 13.7. The fourth-order valence-electron chi connectivity index (χ4n) is 5.44. The van der Waals surface area contributed by atoms with Crippen molar-refractivity contribution in [2.75, 3.05) is 0 Å². The molecule has 2 heterocycles. The van der Waals surface area contributed by atoms with Crippen LogP contribution in [0.1, 0.15) is 58.5 Å². The number of carbonyl (C=O) groups is 1. The van der Waals surface area contributed by atoms with Gasteiger partial charge in [0, 0.05) is 10.9 Å². The van der Waals surface area contributed by atoms with E-state index in [1.807, 2.05) is 48.1 Å². The van der Waals surface area contributed by atoms with E-state index in [0.717, 1.165) is 59.2 Å². The molecule has 1 aliphatic carbocycles.